The van der Waals surface area contributed by atoms with E-state index in [1.165, 1.54) is 16.7 Å². The molecule has 5 aromatic rings. The summed E-state index contributed by atoms with van der Waals surface area (Å²) in [5, 5.41) is 8.46. The van der Waals surface area contributed by atoms with Gasteiger partial charge in [-0.3, -0.25) is 24.3 Å². The number of thioether (sulfide) groups is 1. The number of β-lactam (4-membered cyclic amide) rings is 1. The standard InChI is InChI=1S/C44H40N6O7S2/c1-43(2,3)41(54)56-27-55-40(53)36-29(22-21-28-14-13-23-46-24-28)25-58-39-35(38(52)50(36)39)48-37(51)34(33-26-59-42(45)47-33)49-57-44(30-15-7-4-8-16-30,31-17-9-5-10-18-31)32-19-11-6-12-20-32/h4-24,26,35,39H,25,27H2,1-3H3,(H2,45,47)(H,48,51)/b22-21-,49-34+/t35-,39-/m1/s1. The van der Waals surface area contributed by atoms with Crippen molar-refractivity contribution in [2.75, 3.05) is 18.3 Å². The molecule has 3 aromatic carbocycles. The average Bonchev–Trinajstić information content (AvgIpc) is 3.69. The molecule has 0 aliphatic carbocycles. The van der Waals surface area contributed by atoms with Crippen molar-refractivity contribution in [3.05, 3.63) is 166 Å². The second-order valence-electron chi connectivity index (χ2n) is 14.5. The minimum absolute atomic E-state index is 0.0286. The summed E-state index contributed by atoms with van der Waals surface area (Å²) >= 11 is 2.47. The number of amides is 2. The molecular formula is C44H40N6O7S2. The Morgan fingerprint density at radius 1 is 0.898 bits per heavy atom. The van der Waals surface area contributed by atoms with Gasteiger partial charge in [0.25, 0.3) is 11.8 Å². The zero-order valence-electron chi connectivity index (χ0n) is 32.3. The Hall–Kier alpha value is -6.58. The van der Waals surface area contributed by atoms with Crippen molar-refractivity contribution < 1.29 is 33.5 Å². The first-order valence-electron chi connectivity index (χ1n) is 18.5. The van der Waals surface area contributed by atoms with Crippen LogP contribution in [0.25, 0.3) is 6.08 Å². The smallest absolute Gasteiger partial charge is 0.358 e. The number of nitrogens with two attached hydrogens (primary N) is 1. The molecule has 0 unspecified atom stereocenters. The van der Waals surface area contributed by atoms with Gasteiger partial charge in [-0.1, -0.05) is 114 Å². The molecule has 2 aliphatic rings. The molecule has 0 spiro atoms. The number of benzene rings is 3. The molecule has 0 bridgehead atoms. The molecule has 15 heteroatoms. The zero-order chi connectivity index (χ0) is 41.6. The average molecular weight is 829 g/mol. The number of thiazole rings is 1. The molecule has 2 atom stereocenters. The highest BCUT2D eigenvalue weighted by Crippen LogP contribution is 2.43. The first-order valence-corrected chi connectivity index (χ1v) is 20.5. The van der Waals surface area contributed by atoms with Gasteiger partial charge >= 0.3 is 11.9 Å². The van der Waals surface area contributed by atoms with Crippen LogP contribution in [0.3, 0.4) is 0 Å². The molecule has 59 heavy (non-hydrogen) atoms. The van der Waals surface area contributed by atoms with E-state index < -0.39 is 53.0 Å². The van der Waals surface area contributed by atoms with E-state index in [1.54, 1.807) is 56.8 Å². The molecule has 2 amide bonds. The molecule has 1 saturated heterocycles. The lowest BCUT2D eigenvalue weighted by atomic mass is 9.80. The molecule has 2 aromatic heterocycles. The number of nitrogen functional groups attached to an aromatic ring is 1. The van der Waals surface area contributed by atoms with Crippen molar-refractivity contribution in [2.24, 2.45) is 10.6 Å². The third-order valence-electron chi connectivity index (χ3n) is 9.43. The lowest BCUT2D eigenvalue weighted by molar-refractivity contribution is -0.173. The summed E-state index contributed by atoms with van der Waals surface area (Å²) in [4.78, 5) is 70.9. The summed E-state index contributed by atoms with van der Waals surface area (Å²) in [5.74, 6) is -2.46. The number of nitrogens with one attached hydrogen (secondary N) is 1. The quantitative estimate of drug-likeness (QED) is 0.0341. The number of esters is 2. The van der Waals surface area contributed by atoms with Gasteiger partial charge in [-0.2, -0.15) is 0 Å². The second kappa shape index (κ2) is 17.5. The monoisotopic (exact) mass is 828 g/mol. The fraction of sp³-hybridized carbons (Fsp3) is 0.205. The van der Waals surface area contributed by atoms with Gasteiger partial charge < -0.3 is 25.4 Å². The number of carbonyl (C=O) groups excluding carboxylic acids is 4. The highest BCUT2D eigenvalue weighted by molar-refractivity contribution is 8.00. The summed E-state index contributed by atoms with van der Waals surface area (Å²) in [7, 11) is 0. The number of pyridine rings is 1. The fourth-order valence-electron chi connectivity index (χ4n) is 6.45. The van der Waals surface area contributed by atoms with E-state index >= 15 is 0 Å². The van der Waals surface area contributed by atoms with Crippen LogP contribution >= 0.6 is 23.1 Å². The summed E-state index contributed by atoms with van der Waals surface area (Å²) in [6.07, 6.45) is 6.78. The number of anilines is 1. The number of nitrogens with zero attached hydrogens (tertiary/aromatic N) is 4. The van der Waals surface area contributed by atoms with Crippen LogP contribution < -0.4 is 11.1 Å². The molecule has 300 valence electrons. The lowest BCUT2D eigenvalue weighted by Crippen LogP contribution is -2.71. The number of rotatable bonds is 13. The first-order chi connectivity index (χ1) is 28.5. The number of ether oxygens (including phenoxy) is 2. The lowest BCUT2D eigenvalue weighted by Gasteiger charge is -2.49. The van der Waals surface area contributed by atoms with Gasteiger partial charge in [-0.15, -0.1) is 23.1 Å². The van der Waals surface area contributed by atoms with Crippen LogP contribution in [0.2, 0.25) is 0 Å². The summed E-state index contributed by atoms with van der Waals surface area (Å²) in [5.41, 5.74) is 7.30. The van der Waals surface area contributed by atoms with Crippen molar-refractivity contribution in [1.29, 1.82) is 0 Å². The predicted octanol–water partition coefficient (Wildman–Crippen LogP) is 6.29. The van der Waals surface area contributed by atoms with Gasteiger partial charge in [-0.25, -0.2) is 9.78 Å². The second-order valence-corrected chi connectivity index (χ2v) is 16.5. The molecule has 0 saturated carbocycles. The van der Waals surface area contributed by atoms with E-state index in [2.05, 4.69) is 20.4 Å². The van der Waals surface area contributed by atoms with Crippen molar-refractivity contribution in [2.45, 2.75) is 37.8 Å². The first kappa shape index (κ1) is 40.6. The van der Waals surface area contributed by atoms with E-state index in [-0.39, 0.29) is 28.0 Å². The number of carbonyl (C=O) groups is 4. The summed E-state index contributed by atoms with van der Waals surface area (Å²) < 4.78 is 10.6. The van der Waals surface area contributed by atoms with Crippen LogP contribution in [0.15, 0.2) is 143 Å². The topological polar surface area (TPSA) is 175 Å². The maximum atomic E-state index is 14.4. The summed E-state index contributed by atoms with van der Waals surface area (Å²) in [6.45, 7) is 4.38. The number of hydrogen-bond acceptors (Lipinski definition) is 13. The van der Waals surface area contributed by atoms with E-state index in [1.807, 2.05) is 97.1 Å². The van der Waals surface area contributed by atoms with Crippen molar-refractivity contribution in [3.8, 4) is 0 Å². The van der Waals surface area contributed by atoms with Gasteiger partial charge in [0.05, 0.1) is 5.41 Å². The van der Waals surface area contributed by atoms with Crippen molar-refractivity contribution in [1.82, 2.24) is 20.2 Å². The minimum atomic E-state index is -1.32. The molecule has 1 fully saturated rings. The molecule has 2 aliphatic heterocycles. The van der Waals surface area contributed by atoms with Gasteiger partial charge in [0.1, 0.15) is 22.8 Å². The van der Waals surface area contributed by atoms with Crippen LogP contribution in [-0.2, 0) is 39.1 Å². The SMILES string of the molecule is CC(C)(C)C(=O)OCOC(=O)C1=C(/C=C\c2cccnc2)CS[C@@H]2[C@H](NC(=O)/C(=N/OC(c3ccccc3)(c3ccccc3)c3ccccc3)c3csc(N)n3)C(=O)N12. The number of hydrogen-bond donors (Lipinski definition) is 2. The molecular weight excluding hydrogens is 789 g/mol. The Morgan fingerprint density at radius 2 is 1.53 bits per heavy atom. The van der Waals surface area contributed by atoms with Crippen LogP contribution in [-0.4, -0.2) is 68.3 Å². The highest BCUT2D eigenvalue weighted by Gasteiger charge is 2.54. The van der Waals surface area contributed by atoms with E-state index in [4.69, 9.17) is 20.0 Å². The van der Waals surface area contributed by atoms with Crippen LogP contribution in [0.1, 0.15) is 48.7 Å². The van der Waals surface area contributed by atoms with E-state index in [9.17, 15) is 19.2 Å². The molecule has 0 radical (unpaired) electrons. The van der Waals surface area contributed by atoms with E-state index in [0.29, 0.717) is 5.57 Å². The Bertz CT molecular complexity index is 2320. The highest BCUT2D eigenvalue weighted by atomic mass is 32.2. The Balaban J connectivity index is 1.20. The van der Waals surface area contributed by atoms with E-state index in [0.717, 1.165) is 33.6 Å². The van der Waals surface area contributed by atoms with Gasteiger partial charge in [0, 0.05) is 40.2 Å². The number of oxime groups is 1. The third kappa shape index (κ3) is 8.66. The van der Waals surface area contributed by atoms with Crippen LogP contribution in [0, 0.1) is 5.41 Å². The number of allylic oxidation sites excluding steroid dienone is 1. The molecule has 4 heterocycles. The Kier molecular flexibility index (Phi) is 12.0. The summed E-state index contributed by atoms with van der Waals surface area (Å²) in [6, 6.07) is 31.1. The van der Waals surface area contributed by atoms with Gasteiger partial charge in [0.2, 0.25) is 12.4 Å². The van der Waals surface area contributed by atoms with Crippen LogP contribution in [0.5, 0.6) is 0 Å². The third-order valence-corrected chi connectivity index (χ3v) is 11.4. The Morgan fingerprint density at radius 3 is 2.07 bits per heavy atom. The number of fused-ring (bicyclic) bond motifs is 1. The predicted molar refractivity (Wildman–Crippen MR) is 225 cm³/mol. The van der Waals surface area contributed by atoms with Crippen molar-refractivity contribution in [3.63, 3.8) is 0 Å². The van der Waals surface area contributed by atoms with Crippen LogP contribution in [0.4, 0.5) is 5.13 Å². The molecule has 13 nitrogen and oxygen atoms in total. The molecule has 3 N–H and O–H groups in total. The maximum Gasteiger partial charge on any atom is 0.358 e. The fourth-order valence-corrected chi connectivity index (χ4v) is 8.32. The normalized spacial score (nSPS) is 16.9. The van der Waals surface area contributed by atoms with Crippen molar-refractivity contribution >= 4 is 63.8 Å². The zero-order valence-corrected chi connectivity index (χ0v) is 33.9. The van der Waals surface area contributed by atoms with Gasteiger partial charge in [0.15, 0.2) is 10.8 Å². The molecule has 7 rings (SSSR count). The minimum Gasteiger partial charge on any atom is -0.427 e. The largest absolute Gasteiger partial charge is 0.427 e. The maximum absolute atomic E-state index is 14.4. The number of aromatic nitrogens is 2. The van der Waals surface area contributed by atoms with Gasteiger partial charge in [-0.05, 0) is 38.0 Å². The Labute approximate surface area is 349 Å².